The third kappa shape index (κ3) is 4.20. The molecule has 3 nitrogen and oxygen atoms in total. The molecule has 106 valence electrons. The van der Waals surface area contributed by atoms with E-state index in [9.17, 15) is 0 Å². The molecule has 2 heterocycles. The summed E-state index contributed by atoms with van der Waals surface area (Å²) in [6.07, 6.45) is 5.66. The summed E-state index contributed by atoms with van der Waals surface area (Å²) in [6.45, 7) is 11.3. The molecular formula is C16H27N3. The van der Waals surface area contributed by atoms with Crippen LogP contribution in [0.5, 0.6) is 0 Å². The van der Waals surface area contributed by atoms with Gasteiger partial charge in [0.15, 0.2) is 0 Å². The van der Waals surface area contributed by atoms with Gasteiger partial charge in [0.05, 0.1) is 0 Å². The maximum atomic E-state index is 4.48. The highest BCUT2D eigenvalue weighted by atomic mass is 15.1. The summed E-state index contributed by atoms with van der Waals surface area (Å²) in [5, 5.41) is 3.44. The molecule has 0 amide bonds. The van der Waals surface area contributed by atoms with Crippen molar-refractivity contribution < 1.29 is 0 Å². The number of likely N-dealkylation sites (tertiary alicyclic amines) is 1. The van der Waals surface area contributed by atoms with Crippen LogP contribution in [0.15, 0.2) is 18.3 Å². The van der Waals surface area contributed by atoms with Crippen LogP contribution in [0.3, 0.4) is 0 Å². The van der Waals surface area contributed by atoms with Gasteiger partial charge in [0, 0.05) is 31.4 Å². The van der Waals surface area contributed by atoms with Crippen molar-refractivity contribution >= 4 is 5.82 Å². The first-order valence-corrected chi connectivity index (χ1v) is 7.51. The highest BCUT2D eigenvalue weighted by Gasteiger charge is 2.26. The van der Waals surface area contributed by atoms with E-state index in [2.05, 4.69) is 42.0 Å². The molecule has 1 fully saturated rings. The largest absolute Gasteiger partial charge is 0.370 e. The fraction of sp³-hybridized carbons (Fsp3) is 0.688. The van der Waals surface area contributed by atoms with Crippen LogP contribution in [-0.2, 0) is 6.54 Å². The Balaban J connectivity index is 2.02. The van der Waals surface area contributed by atoms with Gasteiger partial charge < -0.3 is 5.32 Å². The first-order chi connectivity index (χ1) is 9.11. The van der Waals surface area contributed by atoms with Gasteiger partial charge in [0.2, 0.25) is 0 Å². The maximum absolute atomic E-state index is 4.48. The van der Waals surface area contributed by atoms with Crippen LogP contribution in [0.1, 0.15) is 45.6 Å². The number of aromatic nitrogens is 1. The van der Waals surface area contributed by atoms with Crippen LogP contribution in [0, 0.1) is 5.41 Å². The minimum atomic E-state index is 0.456. The molecule has 1 aromatic rings. The molecule has 3 heteroatoms. The van der Waals surface area contributed by atoms with Gasteiger partial charge in [-0.05, 0) is 37.3 Å². The molecule has 0 aliphatic carbocycles. The second-order valence-corrected chi connectivity index (χ2v) is 6.42. The fourth-order valence-electron chi connectivity index (χ4n) is 2.89. The summed E-state index contributed by atoms with van der Waals surface area (Å²) in [7, 11) is 0. The third-order valence-corrected chi connectivity index (χ3v) is 3.81. The van der Waals surface area contributed by atoms with E-state index in [4.69, 9.17) is 0 Å². The Morgan fingerprint density at radius 2 is 2.26 bits per heavy atom. The topological polar surface area (TPSA) is 28.2 Å². The van der Waals surface area contributed by atoms with Crippen molar-refractivity contribution in [1.29, 1.82) is 0 Å². The van der Waals surface area contributed by atoms with Gasteiger partial charge in [-0.15, -0.1) is 0 Å². The first-order valence-electron chi connectivity index (χ1n) is 7.51. The van der Waals surface area contributed by atoms with E-state index >= 15 is 0 Å². The summed E-state index contributed by atoms with van der Waals surface area (Å²) in [4.78, 5) is 7.05. The smallest absolute Gasteiger partial charge is 0.130 e. The van der Waals surface area contributed by atoms with E-state index in [-0.39, 0.29) is 0 Å². The van der Waals surface area contributed by atoms with Crippen LogP contribution < -0.4 is 5.32 Å². The molecule has 1 saturated heterocycles. The zero-order valence-corrected chi connectivity index (χ0v) is 12.6. The Morgan fingerprint density at radius 3 is 3.00 bits per heavy atom. The van der Waals surface area contributed by atoms with Crippen molar-refractivity contribution in [3.8, 4) is 0 Å². The number of nitrogens with one attached hydrogen (secondary N) is 1. The zero-order valence-electron chi connectivity index (χ0n) is 12.6. The summed E-state index contributed by atoms with van der Waals surface area (Å²) >= 11 is 0. The van der Waals surface area contributed by atoms with E-state index in [0.717, 1.165) is 25.3 Å². The summed E-state index contributed by atoms with van der Waals surface area (Å²) < 4.78 is 0. The summed E-state index contributed by atoms with van der Waals surface area (Å²) in [5.74, 6) is 1.06. The van der Waals surface area contributed by atoms with E-state index in [1.54, 1.807) is 0 Å². The van der Waals surface area contributed by atoms with Gasteiger partial charge in [-0.1, -0.05) is 26.8 Å². The molecule has 2 rings (SSSR count). The Morgan fingerprint density at radius 1 is 1.42 bits per heavy atom. The van der Waals surface area contributed by atoms with Crippen LogP contribution in [-0.4, -0.2) is 29.5 Å². The maximum Gasteiger partial charge on any atom is 0.130 e. The van der Waals surface area contributed by atoms with Crippen molar-refractivity contribution in [2.45, 2.75) is 46.6 Å². The van der Waals surface area contributed by atoms with Crippen LogP contribution >= 0.6 is 0 Å². The minimum Gasteiger partial charge on any atom is -0.370 e. The molecule has 1 aliphatic heterocycles. The second kappa shape index (κ2) is 6.38. The molecule has 0 atom stereocenters. The standard InChI is InChI=1S/C16H27N3/c1-4-9-17-15-14(7-5-10-18-15)12-19-11-6-8-16(2,3)13-19/h5,7,10H,4,6,8-9,11-13H2,1-3H3,(H,17,18). The highest BCUT2D eigenvalue weighted by Crippen LogP contribution is 2.29. The van der Waals surface area contributed by atoms with Crippen LogP contribution in [0.2, 0.25) is 0 Å². The lowest BCUT2D eigenvalue weighted by Gasteiger charge is -2.38. The number of piperidine rings is 1. The van der Waals surface area contributed by atoms with Gasteiger partial charge in [-0.25, -0.2) is 4.98 Å². The predicted molar refractivity (Wildman–Crippen MR) is 81.3 cm³/mol. The molecule has 1 aromatic heterocycles. The van der Waals surface area contributed by atoms with Crippen LogP contribution in [0.4, 0.5) is 5.82 Å². The SMILES string of the molecule is CCCNc1ncccc1CN1CCCC(C)(C)C1. The first kappa shape index (κ1) is 14.3. The van der Waals surface area contributed by atoms with E-state index in [1.807, 2.05) is 12.3 Å². The quantitative estimate of drug-likeness (QED) is 0.879. The fourth-order valence-corrected chi connectivity index (χ4v) is 2.89. The average molecular weight is 261 g/mol. The second-order valence-electron chi connectivity index (χ2n) is 6.42. The number of hydrogen-bond acceptors (Lipinski definition) is 3. The zero-order chi connectivity index (χ0) is 13.7. The average Bonchev–Trinajstić information content (AvgIpc) is 2.36. The van der Waals surface area contributed by atoms with Gasteiger partial charge in [0.25, 0.3) is 0 Å². The van der Waals surface area contributed by atoms with Crippen molar-refractivity contribution in [2.75, 3.05) is 25.0 Å². The number of nitrogens with zero attached hydrogens (tertiary/aromatic N) is 2. The Labute approximate surface area is 117 Å². The summed E-state index contributed by atoms with van der Waals surface area (Å²) in [5.41, 5.74) is 1.78. The third-order valence-electron chi connectivity index (χ3n) is 3.81. The number of hydrogen-bond donors (Lipinski definition) is 1. The predicted octanol–water partition coefficient (Wildman–Crippen LogP) is 3.53. The lowest BCUT2D eigenvalue weighted by atomic mass is 9.84. The molecule has 0 bridgehead atoms. The molecule has 0 unspecified atom stereocenters. The van der Waals surface area contributed by atoms with Gasteiger partial charge in [0.1, 0.15) is 5.82 Å². The molecule has 0 aromatic carbocycles. The van der Waals surface area contributed by atoms with Crippen LogP contribution in [0.25, 0.3) is 0 Å². The lowest BCUT2D eigenvalue weighted by Crippen LogP contribution is -2.39. The molecule has 1 N–H and O–H groups in total. The molecular weight excluding hydrogens is 234 g/mol. The van der Waals surface area contributed by atoms with Gasteiger partial charge in [-0.2, -0.15) is 0 Å². The van der Waals surface area contributed by atoms with Crippen molar-refractivity contribution in [2.24, 2.45) is 5.41 Å². The van der Waals surface area contributed by atoms with E-state index < -0.39 is 0 Å². The minimum absolute atomic E-state index is 0.456. The van der Waals surface area contributed by atoms with Gasteiger partial charge >= 0.3 is 0 Å². The molecule has 0 radical (unpaired) electrons. The molecule has 1 aliphatic rings. The van der Waals surface area contributed by atoms with Crippen molar-refractivity contribution in [3.05, 3.63) is 23.9 Å². The number of anilines is 1. The lowest BCUT2D eigenvalue weighted by molar-refractivity contribution is 0.112. The molecule has 0 spiro atoms. The summed E-state index contributed by atoms with van der Waals surface area (Å²) in [6, 6.07) is 4.24. The highest BCUT2D eigenvalue weighted by molar-refractivity contribution is 5.43. The normalized spacial score (nSPS) is 19.3. The number of rotatable bonds is 5. The Kier molecular flexibility index (Phi) is 4.81. The monoisotopic (exact) mass is 261 g/mol. The molecule has 0 saturated carbocycles. The Bertz CT molecular complexity index is 401. The van der Waals surface area contributed by atoms with Gasteiger partial charge in [-0.3, -0.25) is 4.90 Å². The number of pyridine rings is 1. The Hall–Kier alpha value is -1.09. The molecule has 19 heavy (non-hydrogen) atoms. The van der Waals surface area contributed by atoms with Crippen molar-refractivity contribution in [3.63, 3.8) is 0 Å². The van der Waals surface area contributed by atoms with Crippen molar-refractivity contribution in [1.82, 2.24) is 9.88 Å². The van der Waals surface area contributed by atoms with E-state index in [0.29, 0.717) is 5.41 Å². The van der Waals surface area contributed by atoms with E-state index in [1.165, 1.54) is 31.5 Å².